The number of hydrogen-bond donors (Lipinski definition) is 0. The minimum absolute atomic E-state index is 0.00452. The number of rotatable bonds is 7. The Bertz CT molecular complexity index is 622. The lowest BCUT2D eigenvalue weighted by Gasteiger charge is -2.21. The number of halogens is 1. The van der Waals surface area contributed by atoms with Crippen molar-refractivity contribution in [3.8, 4) is 0 Å². The predicted octanol–water partition coefficient (Wildman–Crippen LogP) is 3.87. The van der Waals surface area contributed by atoms with Crippen molar-refractivity contribution in [3.05, 3.63) is 26.1 Å². The Morgan fingerprint density at radius 3 is 2.90 bits per heavy atom. The van der Waals surface area contributed by atoms with Crippen LogP contribution in [0.4, 0.5) is 5.88 Å². The Morgan fingerprint density at radius 2 is 2.20 bits per heavy atom. The van der Waals surface area contributed by atoms with Crippen molar-refractivity contribution in [2.75, 3.05) is 31.2 Å². The monoisotopic (exact) mass is 359 g/mol. The number of anilines is 1. The summed E-state index contributed by atoms with van der Waals surface area (Å²) < 4.78 is 12.8. The molecule has 0 aliphatic carbocycles. The highest BCUT2D eigenvalue weighted by Crippen LogP contribution is 2.30. The molecule has 2 aromatic heterocycles. The summed E-state index contributed by atoms with van der Waals surface area (Å²) in [7, 11) is 0. The second kappa shape index (κ2) is 7.24. The molecule has 0 fully saturated rings. The van der Waals surface area contributed by atoms with E-state index in [4.69, 9.17) is 9.15 Å². The van der Waals surface area contributed by atoms with Gasteiger partial charge in [-0.15, -0.1) is 11.3 Å². The molecule has 0 amide bonds. The van der Waals surface area contributed by atoms with E-state index in [2.05, 4.69) is 22.9 Å². The van der Waals surface area contributed by atoms with Crippen LogP contribution in [0.3, 0.4) is 0 Å². The molecule has 0 unspecified atom stereocenters. The summed E-state index contributed by atoms with van der Waals surface area (Å²) in [6.07, 6.45) is 1.01. The molecule has 0 aliphatic heterocycles. The summed E-state index contributed by atoms with van der Waals surface area (Å²) in [6, 6.07) is 1.56. The highest BCUT2D eigenvalue weighted by Gasteiger charge is 2.13. The number of likely N-dealkylation sites (N-methyl/N-ethyl adjacent to an activating group) is 1. The zero-order valence-corrected chi connectivity index (χ0v) is 14.1. The van der Waals surface area contributed by atoms with Gasteiger partial charge in [-0.25, -0.2) is 0 Å². The molecule has 110 valence electrons. The van der Waals surface area contributed by atoms with Gasteiger partial charge in [0.1, 0.15) is 4.70 Å². The molecule has 0 spiro atoms. The van der Waals surface area contributed by atoms with Gasteiger partial charge in [0.2, 0.25) is 5.43 Å². The second-order valence-corrected chi connectivity index (χ2v) is 6.12. The van der Waals surface area contributed by atoms with Gasteiger partial charge in [0.15, 0.2) is 11.5 Å². The number of hydrogen-bond acceptors (Lipinski definition) is 5. The first kappa shape index (κ1) is 15.5. The lowest BCUT2D eigenvalue weighted by Crippen LogP contribution is -2.28. The van der Waals surface area contributed by atoms with Crippen molar-refractivity contribution in [1.82, 2.24) is 0 Å². The Kier molecular flexibility index (Phi) is 5.63. The van der Waals surface area contributed by atoms with Gasteiger partial charge in [-0.2, -0.15) is 0 Å². The number of nitrogens with zero attached hydrogens (tertiary/aromatic N) is 1. The van der Waals surface area contributed by atoms with E-state index in [1.807, 2.05) is 17.2 Å². The van der Waals surface area contributed by atoms with Crippen LogP contribution in [-0.4, -0.2) is 26.3 Å². The van der Waals surface area contributed by atoms with Crippen LogP contribution in [0.25, 0.3) is 10.3 Å². The van der Waals surface area contributed by atoms with Gasteiger partial charge in [-0.1, -0.05) is 6.92 Å². The molecule has 6 heteroatoms. The van der Waals surface area contributed by atoms with Crippen molar-refractivity contribution in [3.63, 3.8) is 0 Å². The summed E-state index contributed by atoms with van der Waals surface area (Å²) in [5.74, 6) is 0.601. The Hall–Kier alpha value is -0.850. The summed E-state index contributed by atoms with van der Waals surface area (Å²) in [4.78, 5) is 14.1. The summed E-state index contributed by atoms with van der Waals surface area (Å²) in [5.41, 5.74) is 0.635. The van der Waals surface area contributed by atoms with Crippen LogP contribution >= 0.6 is 27.3 Å². The highest BCUT2D eigenvalue weighted by molar-refractivity contribution is 9.10. The molecular weight excluding hydrogens is 342 g/mol. The molecular formula is C14H18BrNO3S. The summed E-state index contributed by atoms with van der Waals surface area (Å²) in [6.45, 7) is 6.99. The Balaban J connectivity index is 2.21. The average molecular weight is 360 g/mol. The fraction of sp³-hybridized carbons (Fsp3) is 0.500. The van der Waals surface area contributed by atoms with Crippen LogP contribution in [-0.2, 0) is 4.74 Å². The third-order valence-electron chi connectivity index (χ3n) is 2.94. The molecule has 2 heterocycles. The zero-order chi connectivity index (χ0) is 14.5. The van der Waals surface area contributed by atoms with Crippen molar-refractivity contribution in [1.29, 1.82) is 0 Å². The Morgan fingerprint density at radius 1 is 1.40 bits per heavy atom. The minimum Gasteiger partial charge on any atom is -0.438 e. The largest absolute Gasteiger partial charge is 0.438 e. The Labute approximate surface area is 130 Å². The van der Waals surface area contributed by atoms with Gasteiger partial charge in [0.25, 0.3) is 0 Å². The van der Waals surface area contributed by atoms with E-state index in [1.165, 1.54) is 11.3 Å². The van der Waals surface area contributed by atoms with E-state index in [9.17, 15) is 4.79 Å². The van der Waals surface area contributed by atoms with E-state index >= 15 is 0 Å². The lowest BCUT2D eigenvalue weighted by atomic mass is 10.4. The van der Waals surface area contributed by atoms with Crippen molar-refractivity contribution >= 4 is 43.4 Å². The van der Waals surface area contributed by atoms with Gasteiger partial charge in [-0.05, 0) is 29.3 Å². The fourth-order valence-electron chi connectivity index (χ4n) is 1.90. The zero-order valence-electron chi connectivity index (χ0n) is 11.6. The van der Waals surface area contributed by atoms with Crippen LogP contribution in [0.1, 0.15) is 20.3 Å². The molecule has 0 aromatic carbocycles. The second-order valence-electron chi connectivity index (χ2n) is 4.38. The number of fused-ring (bicyclic) bond motifs is 1. The van der Waals surface area contributed by atoms with Crippen LogP contribution in [0, 0.1) is 0 Å². The SMILES string of the molecule is CCCOCCN(CC)c1cc(=O)c2scc(Br)c2o1. The first-order valence-corrected chi connectivity index (χ1v) is 8.38. The highest BCUT2D eigenvalue weighted by atomic mass is 79.9. The van der Waals surface area contributed by atoms with Crippen molar-refractivity contribution in [2.45, 2.75) is 20.3 Å². The number of ether oxygens (including phenoxy) is 1. The van der Waals surface area contributed by atoms with Crippen molar-refractivity contribution in [2.24, 2.45) is 0 Å². The van der Waals surface area contributed by atoms with E-state index < -0.39 is 0 Å². The third kappa shape index (κ3) is 3.42. The van der Waals surface area contributed by atoms with Gasteiger partial charge < -0.3 is 14.1 Å². The molecule has 0 bridgehead atoms. The fourth-order valence-corrected chi connectivity index (χ4v) is 3.36. The van der Waals surface area contributed by atoms with E-state index in [-0.39, 0.29) is 5.43 Å². The predicted molar refractivity (Wildman–Crippen MR) is 87.1 cm³/mol. The maximum atomic E-state index is 12.1. The maximum Gasteiger partial charge on any atom is 0.204 e. The molecule has 0 atom stereocenters. The molecule has 2 rings (SSSR count). The molecule has 4 nitrogen and oxygen atoms in total. The summed E-state index contributed by atoms with van der Waals surface area (Å²) in [5, 5.41) is 1.87. The number of thiophene rings is 1. The van der Waals surface area contributed by atoms with Gasteiger partial charge in [0.05, 0.1) is 11.1 Å². The molecule has 2 aromatic rings. The van der Waals surface area contributed by atoms with Crippen LogP contribution in [0.5, 0.6) is 0 Å². The molecule has 0 N–H and O–H groups in total. The van der Waals surface area contributed by atoms with E-state index in [1.54, 1.807) is 6.07 Å². The van der Waals surface area contributed by atoms with Gasteiger partial charge in [0, 0.05) is 31.1 Å². The van der Waals surface area contributed by atoms with E-state index in [0.29, 0.717) is 29.3 Å². The summed E-state index contributed by atoms with van der Waals surface area (Å²) >= 11 is 4.81. The van der Waals surface area contributed by atoms with Gasteiger partial charge in [-0.3, -0.25) is 4.79 Å². The molecule has 0 aliphatic rings. The topological polar surface area (TPSA) is 42.7 Å². The molecule has 0 saturated heterocycles. The average Bonchev–Trinajstić information content (AvgIpc) is 2.81. The first-order chi connectivity index (χ1) is 9.67. The lowest BCUT2D eigenvalue weighted by molar-refractivity contribution is 0.140. The molecule has 0 radical (unpaired) electrons. The molecule has 0 saturated carbocycles. The van der Waals surface area contributed by atoms with Crippen LogP contribution in [0.15, 0.2) is 25.1 Å². The normalized spacial score (nSPS) is 11.2. The van der Waals surface area contributed by atoms with Gasteiger partial charge >= 0.3 is 0 Å². The minimum atomic E-state index is 0.00452. The smallest absolute Gasteiger partial charge is 0.204 e. The third-order valence-corrected chi connectivity index (χ3v) is 4.80. The molecule has 20 heavy (non-hydrogen) atoms. The quantitative estimate of drug-likeness (QED) is 0.703. The van der Waals surface area contributed by atoms with Crippen LogP contribution < -0.4 is 10.3 Å². The van der Waals surface area contributed by atoms with Crippen LogP contribution in [0.2, 0.25) is 0 Å². The van der Waals surface area contributed by atoms with E-state index in [0.717, 1.165) is 24.0 Å². The first-order valence-electron chi connectivity index (χ1n) is 6.70. The maximum absolute atomic E-state index is 12.1. The standard InChI is InChI=1S/C14H18BrNO3S/c1-3-6-18-7-5-16(4-2)12-8-11(17)14-13(19-12)10(15)9-20-14/h8-9H,3-7H2,1-2H3. The van der Waals surface area contributed by atoms with Crippen molar-refractivity contribution < 1.29 is 9.15 Å².